The first-order chi connectivity index (χ1) is 39.5. The summed E-state index contributed by atoms with van der Waals surface area (Å²) in [5.41, 5.74) is 0. The molecule has 0 radical (unpaired) electrons. The average molecular weight is 1110 g/mol. The Morgan fingerprint density at radius 2 is 0.487 bits per heavy atom. The number of rotatable bonds is 58. The van der Waals surface area contributed by atoms with Gasteiger partial charge in [0.1, 0.15) is 13.2 Å². The van der Waals surface area contributed by atoms with Gasteiger partial charge in [-0.1, -0.05) is 269 Å². The van der Waals surface area contributed by atoms with Crippen molar-refractivity contribution in [3.63, 3.8) is 0 Å². The molecular weight excluding hydrogens is 985 g/mol. The molecule has 0 spiro atoms. The third-order valence-electron chi connectivity index (χ3n) is 13.6. The molecular formula is C74H120O6. The van der Waals surface area contributed by atoms with Gasteiger partial charge in [-0.05, 0) is 141 Å². The highest BCUT2D eigenvalue weighted by Gasteiger charge is 2.19. The number of hydrogen-bond acceptors (Lipinski definition) is 6. The van der Waals surface area contributed by atoms with E-state index in [9.17, 15) is 14.4 Å². The van der Waals surface area contributed by atoms with E-state index in [1.165, 1.54) is 96.3 Å². The topological polar surface area (TPSA) is 78.9 Å². The minimum absolute atomic E-state index is 0.102. The monoisotopic (exact) mass is 1100 g/mol. The Hall–Kier alpha value is -4.71. The molecule has 80 heavy (non-hydrogen) atoms. The van der Waals surface area contributed by atoms with Crippen LogP contribution >= 0.6 is 0 Å². The van der Waals surface area contributed by atoms with Crippen molar-refractivity contribution in [2.75, 3.05) is 13.2 Å². The van der Waals surface area contributed by atoms with Crippen molar-refractivity contribution >= 4 is 17.9 Å². The number of allylic oxidation sites excluding steroid dienone is 24. The predicted octanol–water partition coefficient (Wildman–Crippen LogP) is 22.7. The second kappa shape index (κ2) is 66.8. The van der Waals surface area contributed by atoms with Crippen LogP contribution in [0.15, 0.2) is 146 Å². The van der Waals surface area contributed by atoms with Crippen LogP contribution in [0, 0.1) is 0 Å². The zero-order valence-corrected chi connectivity index (χ0v) is 51.8. The van der Waals surface area contributed by atoms with Gasteiger partial charge >= 0.3 is 17.9 Å². The van der Waals surface area contributed by atoms with E-state index < -0.39 is 6.10 Å². The molecule has 0 aromatic rings. The maximum absolute atomic E-state index is 12.9. The van der Waals surface area contributed by atoms with Crippen molar-refractivity contribution in [2.24, 2.45) is 0 Å². The smallest absolute Gasteiger partial charge is 0.306 e. The Morgan fingerprint density at radius 1 is 0.263 bits per heavy atom. The number of unbranched alkanes of at least 4 members (excludes halogenated alkanes) is 23. The zero-order valence-electron chi connectivity index (χ0n) is 51.8. The maximum Gasteiger partial charge on any atom is 0.306 e. The fourth-order valence-electron chi connectivity index (χ4n) is 8.70. The standard InChI is InChI=1S/C74H120O6/c1-4-7-10-13-16-19-22-25-28-30-31-32-33-34-35-36-37-38-39-40-41-42-43-44-47-49-52-55-58-61-64-67-73(76)79-70-71(69-78-72(75)66-63-60-57-54-51-48-45-27-24-21-18-15-12-9-6-3)80-74(77)68-65-62-59-56-53-50-46-29-26-23-20-17-14-11-8-5-2/h7,9-10,12,16,18-21,23,25,27-29,31-32,34-35,37-38,45-46,51,54,71H,4-6,8,11,13-15,17,22,24,26,30,33,36,39-44,47-50,52-53,55-70H2,1-3H3/b10-7-,12-9-,19-16-,21-18-,23-20-,28-25-,32-31-,35-34-,38-37-,45-27-,46-29-,54-51-. The van der Waals surface area contributed by atoms with Gasteiger partial charge in [-0.15, -0.1) is 0 Å². The Bertz CT molecular complexity index is 1750. The number of carbonyl (C=O) groups is 3. The lowest BCUT2D eigenvalue weighted by Crippen LogP contribution is -2.30. The quantitative estimate of drug-likeness (QED) is 0.0261. The first kappa shape index (κ1) is 75.3. The first-order valence-electron chi connectivity index (χ1n) is 32.8. The number of carbonyl (C=O) groups excluding carboxylic acids is 3. The van der Waals surface area contributed by atoms with Crippen LogP contribution in [0.1, 0.15) is 284 Å². The van der Waals surface area contributed by atoms with Gasteiger partial charge in [0.15, 0.2) is 6.10 Å². The summed E-state index contributed by atoms with van der Waals surface area (Å²) in [4.78, 5) is 38.3. The lowest BCUT2D eigenvalue weighted by Gasteiger charge is -2.18. The number of ether oxygens (including phenoxy) is 3. The molecule has 0 amide bonds. The van der Waals surface area contributed by atoms with E-state index in [0.717, 1.165) is 148 Å². The lowest BCUT2D eigenvalue weighted by atomic mass is 10.0. The van der Waals surface area contributed by atoms with Crippen LogP contribution in [-0.4, -0.2) is 37.2 Å². The third kappa shape index (κ3) is 64.1. The van der Waals surface area contributed by atoms with E-state index in [2.05, 4.69) is 167 Å². The van der Waals surface area contributed by atoms with Gasteiger partial charge < -0.3 is 14.2 Å². The summed E-state index contributed by atoms with van der Waals surface area (Å²) in [5.74, 6) is -0.959. The minimum atomic E-state index is -0.809. The lowest BCUT2D eigenvalue weighted by molar-refractivity contribution is -0.167. The number of esters is 3. The maximum atomic E-state index is 12.9. The molecule has 1 atom stereocenters. The van der Waals surface area contributed by atoms with Gasteiger partial charge in [-0.3, -0.25) is 14.4 Å². The van der Waals surface area contributed by atoms with E-state index >= 15 is 0 Å². The minimum Gasteiger partial charge on any atom is -0.462 e. The molecule has 0 fully saturated rings. The summed E-state index contributed by atoms with van der Waals surface area (Å²) < 4.78 is 16.9. The Kier molecular flexibility index (Phi) is 62.9. The number of hydrogen-bond donors (Lipinski definition) is 0. The Balaban J connectivity index is 4.33. The van der Waals surface area contributed by atoms with Crippen molar-refractivity contribution in [3.05, 3.63) is 146 Å². The summed E-state index contributed by atoms with van der Waals surface area (Å²) in [5, 5.41) is 0. The Morgan fingerprint density at radius 3 is 0.787 bits per heavy atom. The van der Waals surface area contributed by atoms with Gasteiger partial charge in [-0.25, -0.2) is 0 Å². The zero-order chi connectivity index (χ0) is 57.8. The van der Waals surface area contributed by atoms with Crippen molar-refractivity contribution in [1.82, 2.24) is 0 Å². The van der Waals surface area contributed by atoms with E-state index in [0.29, 0.717) is 19.3 Å². The molecule has 0 aliphatic heterocycles. The molecule has 1 unspecified atom stereocenters. The highest BCUT2D eigenvalue weighted by atomic mass is 16.6. The van der Waals surface area contributed by atoms with Crippen molar-refractivity contribution in [2.45, 2.75) is 290 Å². The molecule has 0 heterocycles. The summed E-state index contributed by atoms with van der Waals surface area (Å²) in [6.07, 6.45) is 95.8. The van der Waals surface area contributed by atoms with E-state index in [4.69, 9.17) is 14.2 Å². The fraction of sp³-hybridized carbons (Fsp3) is 0.635. The van der Waals surface area contributed by atoms with Gasteiger partial charge in [0.2, 0.25) is 0 Å². The highest BCUT2D eigenvalue weighted by Crippen LogP contribution is 2.15. The first-order valence-corrected chi connectivity index (χ1v) is 32.8. The van der Waals surface area contributed by atoms with Crippen LogP contribution in [0.2, 0.25) is 0 Å². The van der Waals surface area contributed by atoms with Gasteiger partial charge in [0.05, 0.1) is 0 Å². The van der Waals surface area contributed by atoms with Gasteiger partial charge in [-0.2, -0.15) is 0 Å². The molecule has 0 aromatic heterocycles. The molecule has 6 nitrogen and oxygen atoms in total. The average Bonchev–Trinajstić information content (AvgIpc) is 3.46. The highest BCUT2D eigenvalue weighted by molar-refractivity contribution is 5.71. The summed E-state index contributed by atoms with van der Waals surface area (Å²) in [7, 11) is 0. The molecule has 0 aromatic carbocycles. The van der Waals surface area contributed by atoms with Crippen LogP contribution in [0.4, 0.5) is 0 Å². The van der Waals surface area contributed by atoms with E-state index in [-0.39, 0.29) is 31.1 Å². The summed E-state index contributed by atoms with van der Waals surface area (Å²) in [6, 6.07) is 0. The molecule has 0 rings (SSSR count). The normalized spacial score (nSPS) is 13.1. The van der Waals surface area contributed by atoms with Crippen LogP contribution in [-0.2, 0) is 28.6 Å². The van der Waals surface area contributed by atoms with Crippen LogP contribution in [0.25, 0.3) is 0 Å². The second-order valence-electron chi connectivity index (χ2n) is 21.3. The third-order valence-corrected chi connectivity index (χ3v) is 13.6. The van der Waals surface area contributed by atoms with Gasteiger partial charge in [0.25, 0.3) is 0 Å². The molecule has 0 saturated carbocycles. The fourth-order valence-corrected chi connectivity index (χ4v) is 8.70. The van der Waals surface area contributed by atoms with Crippen LogP contribution in [0.5, 0.6) is 0 Å². The van der Waals surface area contributed by atoms with E-state index in [1.54, 1.807) is 0 Å². The van der Waals surface area contributed by atoms with Crippen molar-refractivity contribution in [1.29, 1.82) is 0 Å². The molecule has 0 aliphatic rings. The molecule has 6 heteroatoms. The molecule has 0 aliphatic carbocycles. The summed E-state index contributed by atoms with van der Waals surface area (Å²) in [6.45, 7) is 6.35. The van der Waals surface area contributed by atoms with Crippen molar-refractivity contribution in [3.8, 4) is 0 Å². The molecule has 0 N–H and O–H groups in total. The predicted molar refractivity (Wildman–Crippen MR) is 348 cm³/mol. The molecule has 452 valence electrons. The SMILES string of the molecule is CC/C=C\C/C=C\C/C=C\C/C=C\C/C=C\C/C=C\CCCCCCCCCCCCCCC(=O)OCC(COC(=O)CCCC/C=C\C/C=C\C/C=C\C/C=C\CC)OC(=O)CCCCCCC/C=C\C/C=C\CCCCCC. The second-order valence-corrected chi connectivity index (χ2v) is 21.3. The van der Waals surface area contributed by atoms with Crippen LogP contribution < -0.4 is 0 Å². The van der Waals surface area contributed by atoms with Gasteiger partial charge in [0, 0.05) is 19.3 Å². The van der Waals surface area contributed by atoms with Crippen LogP contribution in [0.3, 0.4) is 0 Å². The molecule has 0 bridgehead atoms. The Labute approximate surface area is 493 Å². The van der Waals surface area contributed by atoms with E-state index in [1.807, 2.05) is 0 Å². The summed E-state index contributed by atoms with van der Waals surface area (Å²) >= 11 is 0. The van der Waals surface area contributed by atoms with Crippen molar-refractivity contribution < 1.29 is 28.6 Å². The largest absolute Gasteiger partial charge is 0.462 e. The molecule has 0 saturated heterocycles.